The Hall–Kier alpha value is -2.45. The summed E-state index contributed by atoms with van der Waals surface area (Å²) in [6.45, 7) is 5.59. The number of phenols is 1. The second kappa shape index (κ2) is 9.58. The molecule has 0 bridgehead atoms. The highest BCUT2D eigenvalue weighted by Crippen LogP contribution is 2.33. The summed E-state index contributed by atoms with van der Waals surface area (Å²) in [6.07, 6.45) is -2.13. The maximum atomic E-state index is 13.1. The lowest BCUT2D eigenvalue weighted by molar-refractivity contribution is -0.137. The van der Waals surface area contributed by atoms with Gasteiger partial charge in [0.05, 0.1) is 12.7 Å². The average Bonchev–Trinajstić information content (AvgIpc) is 2.80. The van der Waals surface area contributed by atoms with Crippen molar-refractivity contribution in [2.24, 2.45) is 0 Å². The van der Waals surface area contributed by atoms with Crippen LogP contribution in [-0.2, 0) is 12.7 Å². The number of rotatable bonds is 5. The van der Waals surface area contributed by atoms with Gasteiger partial charge in [0.2, 0.25) is 0 Å². The van der Waals surface area contributed by atoms with Crippen LogP contribution in [-0.4, -0.2) is 67.3 Å². The Balaban J connectivity index is 1.35. The van der Waals surface area contributed by atoms with Gasteiger partial charge in [-0.1, -0.05) is 12.1 Å². The fourth-order valence-electron chi connectivity index (χ4n) is 4.82. The molecule has 1 unspecified atom stereocenters. The molecule has 0 aliphatic carbocycles. The first-order chi connectivity index (χ1) is 15.3. The topological polar surface area (TPSA) is 39.2 Å². The van der Waals surface area contributed by atoms with Crippen molar-refractivity contribution in [3.63, 3.8) is 0 Å². The van der Waals surface area contributed by atoms with Crippen molar-refractivity contribution >= 4 is 5.69 Å². The molecule has 2 aromatic carbocycles. The minimum Gasteiger partial charge on any atom is -0.507 e. The summed E-state index contributed by atoms with van der Waals surface area (Å²) in [7, 11) is 1.61. The third-order valence-electron chi connectivity index (χ3n) is 6.56. The number of aromatic hydroxyl groups is 1. The van der Waals surface area contributed by atoms with E-state index in [2.05, 4.69) is 9.80 Å². The van der Waals surface area contributed by atoms with Gasteiger partial charge in [-0.05, 0) is 49.7 Å². The van der Waals surface area contributed by atoms with Crippen LogP contribution in [0.3, 0.4) is 0 Å². The number of likely N-dealkylation sites (tertiary alicyclic amines) is 1. The number of alkyl halides is 3. The maximum absolute atomic E-state index is 13.1. The predicted octanol–water partition coefficient (Wildman–Crippen LogP) is 4.21. The van der Waals surface area contributed by atoms with Crippen molar-refractivity contribution in [2.75, 3.05) is 51.3 Å². The van der Waals surface area contributed by atoms with Gasteiger partial charge in [0, 0.05) is 56.6 Å². The summed E-state index contributed by atoms with van der Waals surface area (Å²) in [5.74, 6) is 0.947. The number of methoxy groups -OCH3 is 1. The minimum absolute atomic E-state index is 0.251. The number of halogens is 3. The van der Waals surface area contributed by atoms with Gasteiger partial charge in [-0.2, -0.15) is 13.2 Å². The van der Waals surface area contributed by atoms with Crippen LogP contribution in [0.1, 0.15) is 24.0 Å². The number of ether oxygens (including phenoxy) is 1. The van der Waals surface area contributed by atoms with Gasteiger partial charge in [-0.25, -0.2) is 0 Å². The Bertz CT molecular complexity index is 914. The fourth-order valence-corrected chi connectivity index (χ4v) is 4.82. The molecule has 0 aromatic heterocycles. The summed E-state index contributed by atoms with van der Waals surface area (Å²) >= 11 is 0. The fraction of sp³-hybridized carbons (Fsp3) is 0.500. The number of hydrogen-bond donors (Lipinski definition) is 1. The lowest BCUT2D eigenvalue weighted by Crippen LogP contribution is -2.55. The van der Waals surface area contributed by atoms with Crippen LogP contribution in [0.5, 0.6) is 11.5 Å². The van der Waals surface area contributed by atoms with Gasteiger partial charge in [0.15, 0.2) is 0 Å². The van der Waals surface area contributed by atoms with E-state index in [1.807, 2.05) is 11.0 Å². The third-order valence-corrected chi connectivity index (χ3v) is 6.56. The van der Waals surface area contributed by atoms with E-state index in [9.17, 15) is 18.3 Å². The third kappa shape index (κ3) is 5.13. The quantitative estimate of drug-likeness (QED) is 0.741. The first kappa shape index (κ1) is 22.7. The highest BCUT2D eigenvalue weighted by Gasteiger charge is 2.32. The summed E-state index contributed by atoms with van der Waals surface area (Å²) in [4.78, 5) is 6.85. The van der Waals surface area contributed by atoms with Crippen molar-refractivity contribution in [1.82, 2.24) is 9.80 Å². The average molecular weight is 450 g/mol. The second-order valence-electron chi connectivity index (χ2n) is 8.56. The Morgan fingerprint density at radius 3 is 2.50 bits per heavy atom. The number of nitrogens with zero attached hydrogens (tertiary/aromatic N) is 3. The van der Waals surface area contributed by atoms with E-state index in [1.165, 1.54) is 12.1 Å². The maximum Gasteiger partial charge on any atom is 0.416 e. The van der Waals surface area contributed by atoms with E-state index in [0.717, 1.165) is 50.7 Å². The molecule has 0 amide bonds. The largest absolute Gasteiger partial charge is 0.507 e. The molecule has 8 heteroatoms. The molecule has 32 heavy (non-hydrogen) atoms. The number of anilines is 1. The van der Waals surface area contributed by atoms with Gasteiger partial charge in [0.1, 0.15) is 11.5 Å². The van der Waals surface area contributed by atoms with Crippen molar-refractivity contribution in [2.45, 2.75) is 31.6 Å². The monoisotopic (exact) mass is 449 g/mol. The molecule has 2 heterocycles. The van der Waals surface area contributed by atoms with E-state index >= 15 is 0 Å². The van der Waals surface area contributed by atoms with Crippen LogP contribution in [0.15, 0.2) is 42.5 Å². The molecule has 2 fully saturated rings. The number of phenolic OH excluding ortho intramolecular Hbond substituents is 1. The highest BCUT2D eigenvalue weighted by molar-refractivity contribution is 5.49. The molecule has 174 valence electrons. The van der Waals surface area contributed by atoms with Crippen LogP contribution in [0, 0.1) is 0 Å². The summed E-state index contributed by atoms with van der Waals surface area (Å²) in [5.41, 5.74) is 0.848. The molecule has 2 aliphatic heterocycles. The lowest BCUT2D eigenvalue weighted by Gasteiger charge is -2.44. The van der Waals surface area contributed by atoms with E-state index < -0.39 is 11.7 Å². The number of piperidine rings is 1. The van der Waals surface area contributed by atoms with E-state index in [1.54, 1.807) is 25.3 Å². The van der Waals surface area contributed by atoms with E-state index in [0.29, 0.717) is 37.1 Å². The minimum atomic E-state index is -4.32. The molecular weight excluding hydrogens is 419 g/mol. The van der Waals surface area contributed by atoms with Crippen LogP contribution >= 0.6 is 0 Å². The summed E-state index contributed by atoms with van der Waals surface area (Å²) in [6, 6.07) is 11.3. The molecule has 5 nitrogen and oxygen atoms in total. The molecule has 0 spiro atoms. The van der Waals surface area contributed by atoms with Gasteiger partial charge >= 0.3 is 6.18 Å². The lowest BCUT2D eigenvalue weighted by atomic mass is 10.0. The molecule has 0 radical (unpaired) electrons. The van der Waals surface area contributed by atoms with Gasteiger partial charge in [-0.3, -0.25) is 9.80 Å². The molecule has 2 aromatic rings. The molecule has 1 N–H and O–H groups in total. The molecule has 4 rings (SSSR count). The summed E-state index contributed by atoms with van der Waals surface area (Å²) < 4.78 is 44.6. The standard InChI is InChI=1S/C24H30F3N3O2/c1-32-23-9-3-8-22(31)21(23)17-28-10-4-7-20(16-28)30-13-11-29(12-14-30)19-6-2-5-18(15-19)24(25,26)27/h2-3,5-6,8-9,15,20,31H,4,7,10-14,16-17H2,1H3. The molecule has 2 saturated heterocycles. The van der Waals surface area contributed by atoms with Crippen LogP contribution in [0.4, 0.5) is 18.9 Å². The van der Waals surface area contributed by atoms with Crippen molar-refractivity contribution in [3.8, 4) is 11.5 Å². The van der Waals surface area contributed by atoms with Gasteiger partial charge in [-0.15, -0.1) is 0 Å². The molecule has 2 aliphatic rings. The number of hydrogen-bond acceptors (Lipinski definition) is 5. The van der Waals surface area contributed by atoms with Crippen LogP contribution < -0.4 is 9.64 Å². The van der Waals surface area contributed by atoms with E-state index in [4.69, 9.17) is 4.74 Å². The Kier molecular flexibility index (Phi) is 6.81. The zero-order valence-corrected chi connectivity index (χ0v) is 18.3. The smallest absolute Gasteiger partial charge is 0.416 e. The first-order valence-corrected chi connectivity index (χ1v) is 11.1. The second-order valence-corrected chi connectivity index (χ2v) is 8.56. The Morgan fingerprint density at radius 2 is 1.78 bits per heavy atom. The van der Waals surface area contributed by atoms with Crippen LogP contribution in [0.2, 0.25) is 0 Å². The van der Waals surface area contributed by atoms with Crippen LogP contribution in [0.25, 0.3) is 0 Å². The number of piperazine rings is 1. The highest BCUT2D eigenvalue weighted by atomic mass is 19.4. The first-order valence-electron chi connectivity index (χ1n) is 11.1. The Labute approximate surface area is 187 Å². The Morgan fingerprint density at radius 1 is 1.03 bits per heavy atom. The van der Waals surface area contributed by atoms with Gasteiger partial charge < -0.3 is 14.7 Å². The summed E-state index contributed by atoms with van der Waals surface area (Å²) in [5, 5.41) is 10.3. The van der Waals surface area contributed by atoms with E-state index in [-0.39, 0.29) is 5.75 Å². The zero-order chi connectivity index (χ0) is 22.7. The SMILES string of the molecule is COc1cccc(O)c1CN1CCCC(N2CCN(c3cccc(C(F)(F)F)c3)CC2)C1. The normalized spacial score (nSPS) is 21.0. The molecular formula is C24H30F3N3O2. The predicted molar refractivity (Wildman–Crippen MR) is 118 cm³/mol. The number of benzene rings is 2. The zero-order valence-electron chi connectivity index (χ0n) is 18.3. The molecule has 1 atom stereocenters. The van der Waals surface area contributed by atoms with Crippen molar-refractivity contribution in [3.05, 3.63) is 53.6 Å². The van der Waals surface area contributed by atoms with Gasteiger partial charge in [0.25, 0.3) is 0 Å². The van der Waals surface area contributed by atoms with Crippen molar-refractivity contribution in [1.29, 1.82) is 0 Å². The molecule has 0 saturated carbocycles. The van der Waals surface area contributed by atoms with Crippen molar-refractivity contribution < 1.29 is 23.0 Å².